The van der Waals surface area contributed by atoms with Gasteiger partial charge in [-0.05, 0) is 12.5 Å². The van der Waals surface area contributed by atoms with E-state index in [1.165, 1.54) is 6.20 Å². The first-order chi connectivity index (χ1) is 10.6. The summed E-state index contributed by atoms with van der Waals surface area (Å²) in [5, 5.41) is 7.89. The second-order valence-electron chi connectivity index (χ2n) is 6.03. The van der Waals surface area contributed by atoms with Gasteiger partial charge in [0, 0.05) is 5.41 Å². The Bertz CT molecular complexity index is 650. The highest BCUT2D eigenvalue weighted by Crippen LogP contribution is 2.27. The Morgan fingerprint density at radius 2 is 2.14 bits per heavy atom. The standard InChI is InChI=1S/C16H19N3O3/c1-12(13-6-4-3-5-7-13)19-14(8-17-18-19)15(20)22-11-16(2)9-21-10-16/h3-8,12H,9-11H2,1-2H3/t12-/m1/s1. The topological polar surface area (TPSA) is 66.2 Å². The van der Waals surface area contributed by atoms with E-state index < -0.39 is 5.97 Å². The van der Waals surface area contributed by atoms with E-state index in [1.54, 1.807) is 4.68 Å². The molecule has 0 saturated carbocycles. The van der Waals surface area contributed by atoms with Crippen molar-refractivity contribution < 1.29 is 14.3 Å². The molecule has 0 aliphatic carbocycles. The predicted molar refractivity (Wildman–Crippen MR) is 79.5 cm³/mol. The van der Waals surface area contributed by atoms with Gasteiger partial charge in [-0.2, -0.15) is 0 Å². The first kappa shape index (κ1) is 14.7. The number of rotatable bonds is 5. The van der Waals surface area contributed by atoms with Gasteiger partial charge in [-0.3, -0.25) is 0 Å². The van der Waals surface area contributed by atoms with E-state index in [0.29, 0.717) is 25.5 Å². The third kappa shape index (κ3) is 2.87. The van der Waals surface area contributed by atoms with Crippen LogP contribution >= 0.6 is 0 Å². The molecule has 0 radical (unpaired) electrons. The summed E-state index contributed by atoms with van der Waals surface area (Å²) in [4.78, 5) is 12.3. The molecule has 6 nitrogen and oxygen atoms in total. The summed E-state index contributed by atoms with van der Waals surface area (Å²) in [6, 6.07) is 9.77. The Labute approximate surface area is 129 Å². The summed E-state index contributed by atoms with van der Waals surface area (Å²) in [7, 11) is 0. The number of aromatic nitrogens is 3. The molecule has 1 saturated heterocycles. The van der Waals surface area contributed by atoms with Gasteiger partial charge in [-0.1, -0.05) is 42.5 Å². The first-order valence-corrected chi connectivity index (χ1v) is 7.29. The van der Waals surface area contributed by atoms with Crippen molar-refractivity contribution in [2.24, 2.45) is 5.41 Å². The summed E-state index contributed by atoms with van der Waals surface area (Å²) >= 11 is 0. The van der Waals surface area contributed by atoms with E-state index in [-0.39, 0.29) is 11.5 Å². The van der Waals surface area contributed by atoms with Gasteiger partial charge in [0.2, 0.25) is 0 Å². The van der Waals surface area contributed by atoms with Gasteiger partial charge in [-0.15, -0.1) is 5.10 Å². The highest BCUT2D eigenvalue weighted by atomic mass is 16.5. The smallest absolute Gasteiger partial charge is 0.358 e. The maximum Gasteiger partial charge on any atom is 0.358 e. The lowest BCUT2D eigenvalue weighted by Gasteiger charge is -2.37. The molecule has 0 unspecified atom stereocenters. The summed E-state index contributed by atoms with van der Waals surface area (Å²) in [5.74, 6) is -0.402. The third-order valence-electron chi connectivity index (χ3n) is 3.89. The van der Waals surface area contributed by atoms with Crippen molar-refractivity contribution in [2.45, 2.75) is 19.9 Å². The molecule has 3 rings (SSSR count). The highest BCUT2D eigenvalue weighted by Gasteiger charge is 2.35. The molecule has 1 aromatic heterocycles. The van der Waals surface area contributed by atoms with Gasteiger partial charge in [0.15, 0.2) is 5.69 Å². The van der Waals surface area contributed by atoms with Crippen LogP contribution < -0.4 is 0 Å². The van der Waals surface area contributed by atoms with Crippen LogP contribution in [0.3, 0.4) is 0 Å². The molecule has 22 heavy (non-hydrogen) atoms. The van der Waals surface area contributed by atoms with Crippen LogP contribution in [0.4, 0.5) is 0 Å². The van der Waals surface area contributed by atoms with Crippen LogP contribution in [0.5, 0.6) is 0 Å². The van der Waals surface area contributed by atoms with Gasteiger partial charge in [0.25, 0.3) is 0 Å². The molecule has 0 bridgehead atoms. The lowest BCUT2D eigenvalue weighted by molar-refractivity contribution is -0.127. The van der Waals surface area contributed by atoms with E-state index in [0.717, 1.165) is 5.56 Å². The van der Waals surface area contributed by atoms with Gasteiger partial charge < -0.3 is 9.47 Å². The number of benzene rings is 1. The monoisotopic (exact) mass is 301 g/mol. The number of hydrogen-bond acceptors (Lipinski definition) is 5. The minimum atomic E-state index is -0.402. The Morgan fingerprint density at radius 1 is 1.41 bits per heavy atom. The van der Waals surface area contributed by atoms with Crippen molar-refractivity contribution in [1.82, 2.24) is 15.0 Å². The van der Waals surface area contributed by atoms with Crippen LogP contribution in [0.25, 0.3) is 0 Å². The molecule has 1 aliphatic heterocycles. The van der Waals surface area contributed by atoms with Gasteiger partial charge in [0.1, 0.15) is 6.61 Å². The molecule has 6 heteroatoms. The lowest BCUT2D eigenvalue weighted by atomic mass is 9.90. The number of carbonyl (C=O) groups is 1. The summed E-state index contributed by atoms with van der Waals surface area (Å²) in [6.45, 7) is 5.60. The predicted octanol–water partition coefficient (Wildman–Crippen LogP) is 2.08. The zero-order chi connectivity index (χ0) is 15.6. The Morgan fingerprint density at radius 3 is 2.77 bits per heavy atom. The molecule has 116 valence electrons. The fourth-order valence-electron chi connectivity index (χ4n) is 2.40. The number of hydrogen-bond donors (Lipinski definition) is 0. The van der Waals surface area contributed by atoms with Crippen LogP contribution in [0.2, 0.25) is 0 Å². The molecule has 2 aromatic rings. The zero-order valence-corrected chi connectivity index (χ0v) is 12.7. The maximum atomic E-state index is 12.3. The van der Waals surface area contributed by atoms with Gasteiger partial charge >= 0.3 is 5.97 Å². The Hall–Kier alpha value is -2.21. The van der Waals surface area contributed by atoms with Crippen LogP contribution in [-0.2, 0) is 9.47 Å². The molecule has 0 amide bonds. The van der Waals surface area contributed by atoms with Crippen molar-refractivity contribution in [2.75, 3.05) is 19.8 Å². The average Bonchev–Trinajstić information content (AvgIpc) is 3.00. The number of carbonyl (C=O) groups excluding carboxylic acids is 1. The van der Waals surface area contributed by atoms with Crippen LogP contribution in [0, 0.1) is 5.41 Å². The minimum absolute atomic E-state index is 0.0705. The molecule has 1 aliphatic rings. The van der Waals surface area contributed by atoms with E-state index >= 15 is 0 Å². The quantitative estimate of drug-likeness (QED) is 0.791. The van der Waals surface area contributed by atoms with Crippen LogP contribution in [0.15, 0.2) is 36.5 Å². The number of esters is 1. The molecular weight excluding hydrogens is 282 g/mol. The summed E-state index contributed by atoms with van der Waals surface area (Å²) in [5.41, 5.74) is 1.35. The maximum absolute atomic E-state index is 12.3. The highest BCUT2D eigenvalue weighted by molar-refractivity contribution is 5.87. The molecule has 2 heterocycles. The Kier molecular flexibility index (Phi) is 3.94. The molecule has 0 N–H and O–H groups in total. The van der Waals surface area contributed by atoms with Crippen LogP contribution in [-0.4, -0.2) is 40.8 Å². The molecule has 1 fully saturated rings. The van der Waals surface area contributed by atoms with E-state index in [1.807, 2.05) is 44.2 Å². The normalized spacial score (nSPS) is 17.5. The van der Waals surface area contributed by atoms with Crippen molar-refractivity contribution in [3.05, 3.63) is 47.8 Å². The SMILES string of the molecule is C[C@H](c1ccccc1)n1nncc1C(=O)OCC1(C)COC1. The summed E-state index contributed by atoms with van der Waals surface area (Å²) < 4.78 is 12.2. The zero-order valence-electron chi connectivity index (χ0n) is 12.7. The fraction of sp³-hybridized carbons (Fsp3) is 0.438. The van der Waals surface area contributed by atoms with E-state index in [2.05, 4.69) is 10.3 Å². The van der Waals surface area contributed by atoms with Crippen molar-refractivity contribution >= 4 is 5.97 Å². The fourth-order valence-corrected chi connectivity index (χ4v) is 2.40. The van der Waals surface area contributed by atoms with Gasteiger partial charge in [-0.25, -0.2) is 9.48 Å². The van der Waals surface area contributed by atoms with Crippen LogP contribution in [0.1, 0.15) is 35.9 Å². The number of ether oxygens (including phenoxy) is 2. The van der Waals surface area contributed by atoms with E-state index in [4.69, 9.17) is 9.47 Å². The summed E-state index contributed by atoms with van der Waals surface area (Å²) in [6.07, 6.45) is 1.45. The molecule has 0 spiro atoms. The lowest BCUT2D eigenvalue weighted by Crippen LogP contribution is -2.44. The van der Waals surface area contributed by atoms with Crippen molar-refractivity contribution in [1.29, 1.82) is 0 Å². The van der Waals surface area contributed by atoms with Crippen molar-refractivity contribution in [3.8, 4) is 0 Å². The van der Waals surface area contributed by atoms with Crippen molar-refractivity contribution in [3.63, 3.8) is 0 Å². The second-order valence-corrected chi connectivity index (χ2v) is 6.03. The largest absolute Gasteiger partial charge is 0.460 e. The second kappa shape index (κ2) is 5.88. The Balaban J connectivity index is 1.72. The number of nitrogens with zero attached hydrogens (tertiary/aromatic N) is 3. The van der Waals surface area contributed by atoms with Gasteiger partial charge in [0.05, 0.1) is 25.5 Å². The minimum Gasteiger partial charge on any atom is -0.460 e. The average molecular weight is 301 g/mol. The molecule has 1 atom stereocenters. The first-order valence-electron chi connectivity index (χ1n) is 7.29. The van der Waals surface area contributed by atoms with E-state index in [9.17, 15) is 4.79 Å². The third-order valence-corrected chi connectivity index (χ3v) is 3.89. The molecular formula is C16H19N3O3. The molecule has 1 aromatic carbocycles.